The minimum absolute atomic E-state index is 0.0699. The first-order valence-electron chi connectivity index (χ1n) is 11.7. The molecule has 4 aromatic rings. The van der Waals surface area contributed by atoms with Crippen LogP contribution in [-0.2, 0) is 4.79 Å². The molecule has 0 spiro atoms. The van der Waals surface area contributed by atoms with E-state index in [1.165, 1.54) is 20.2 Å². The Hall–Kier alpha value is -4.30. The van der Waals surface area contributed by atoms with Crippen LogP contribution in [0.2, 0.25) is 0 Å². The normalized spacial score (nSPS) is 18.4. The zero-order valence-corrected chi connectivity index (χ0v) is 20.6. The Morgan fingerprint density at radius 1 is 1.17 bits per heavy atom. The van der Waals surface area contributed by atoms with Crippen LogP contribution in [0.15, 0.2) is 49.3 Å². The molecule has 4 aromatic heterocycles. The maximum atomic E-state index is 12.8. The van der Waals surface area contributed by atoms with Gasteiger partial charge in [0.2, 0.25) is 0 Å². The number of nitrogens with zero attached hydrogens (tertiary/aromatic N) is 9. The third kappa shape index (κ3) is 3.95. The second kappa shape index (κ2) is 8.73. The Labute approximate surface area is 208 Å². The number of aromatic nitrogens is 6. The van der Waals surface area contributed by atoms with Crippen molar-refractivity contribution in [2.45, 2.75) is 45.4 Å². The lowest BCUT2D eigenvalue weighted by Gasteiger charge is -2.46. The van der Waals surface area contributed by atoms with Crippen molar-refractivity contribution in [3.8, 4) is 17.6 Å². The number of anilines is 1. The highest BCUT2D eigenvalue weighted by Crippen LogP contribution is 2.35. The fourth-order valence-corrected chi connectivity index (χ4v) is 4.68. The number of pyridine rings is 1. The summed E-state index contributed by atoms with van der Waals surface area (Å²) in [7, 11) is 0. The van der Waals surface area contributed by atoms with Crippen LogP contribution >= 0.6 is 0 Å². The molecule has 0 saturated carbocycles. The van der Waals surface area contributed by atoms with Crippen molar-refractivity contribution in [1.29, 1.82) is 5.26 Å². The van der Waals surface area contributed by atoms with Crippen LogP contribution < -0.4 is 4.90 Å². The predicted octanol–water partition coefficient (Wildman–Crippen LogP) is 2.07. The van der Waals surface area contributed by atoms with Gasteiger partial charge in [-0.15, -0.1) is 0 Å². The van der Waals surface area contributed by atoms with E-state index in [2.05, 4.69) is 31.0 Å². The van der Waals surface area contributed by atoms with Gasteiger partial charge in [-0.2, -0.15) is 10.4 Å². The second-order valence-corrected chi connectivity index (χ2v) is 9.61. The number of hydrogen-bond donors (Lipinski definition) is 1. The van der Waals surface area contributed by atoms with E-state index in [0.717, 1.165) is 16.9 Å². The Balaban J connectivity index is 1.64. The van der Waals surface area contributed by atoms with Crippen LogP contribution in [0.1, 0.15) is 33.3 Å². The largest absolute Gasteiger partial charge is 0.381 e. The zero-order valence-electron chi connectivity index (χ0n) is 20.6. The molecule has 11 heteroatoms. The molecule has 1 saturated heterocycles. The van der Waals surface area contributed by atoms with Gasteiger partial charge in [-0.3, -0.25) is 9.36 Å². The molecule has 5 heterocycles. The zero-order chi connectivity index (χ0) is 25.6. The van der Waals surface area contributed by atoms with E-state index in [0.29, 0.717) is 30.1 Å². The van der Waals surface area contributed by atoms with Crippen molar-refractivity contribution in [3.05, 3.63) is 54.9 Å². The van der Waals surface area contributed by atoms with Gasteiger partial charge in [0.25, 0.3) is 5.91 Å². The number of carbonyl (C=O) groups excluding carboxylic acids is 1. The molecule has 0 unspecified atom stereocenters. The summed E-state index contributed by atoms with van der Waals surface area (Å²) in [5.41, 5.74) is 0.452. The fraction of sp³-hybridized carbons (Fsp3) is 0.360. The summed E-state index contributed by atoms with van der Waals surface area (Å²) in [6.45, 7) is 8.01. The third-order valence-corrected chi connectivity index (χ3v) is 6.46. The van der Waals surface area contributed by atoms with Crippen LogP contribution in [0.3, 0.4) is 0 Å². The molecule has 0 bridgehead atoms. The summed E-state index contributed by atoms with van der Waals surface area (Å²) in [6, 6.07) is 7.14. The first kappa shape index (κ1) is 23.4. The summed E-state index contributed by atoms with van der Waals surface area (Å²) in [5, 5.41) is 24.9. The average molecular weight is 486 g/mol. The van der Waals surface area contributed by atoms with E-state index >= 15 is 0 Å². The standard InChI is InChI=1S/C25H27N9O2/c1-16-13-32(24(35)25(3,4)36)17(2)12-31(16)22-21-19(34-9-5-7-30-34)14-33(23(21)29-15-28-22)20-10-18(11-26)6-8-27-20/h5-10,14-17,36H,12-13H2,1-4H3/t16-,17+/m0/s1. The smallest absolute Gasteiger partial charge is 0.254 e. The van der Waals surface area contributed by atoms with Crippen molar-refractivity contribution in [2.24, 2.45) is 0 Å². The summed E-state index contributed by atoms with van der Waals surface area (Å²) >= 11 is 0. The summed E-state index contributed by atoms with van der Waals surface area (Å²) in [6.07, 6.45) is 8.55. The van der Waals surface area contributed by atoms with Crippen molar-refractivity contribution < 1.29 is 9.90 Å². The van der Waals surface area contributed by atoms with Gasteiger partial charge in [-0.25, -0.2) is 19.6 Å². The summed E-state index contributed by atoms with van der Waals surface area (Å²) < 4.78 is 3.59. The SMILES string of the molecule is C[C@@H]1CN(c2ncnc3c2c(-n2cccn2)cn3-c2cc(C#N)ccn2)[C@@H](C)CN1C(=O)C(C)(C)O. The molecule has 0 aliphatic carbocycles. The van der Waals surface area contributed by atoms with Crippen LogP contribution in [-0.4, -0.2) is 76.0 Å². The fourth-order valence-electron chi connectivity index (χ4n) is 4.68. The monoisotopic (exact) mass is 485 g/mol. The molecule has 184 valence electrons. The first-order valence-corrected chi connectivity index (χ1v) is 11.7. The molecule has 0 aromatic carbocycles. The molecule has 0 radical (unpaired) electrons. The molecule has 2 atom stereocenters. The second-order valence-electron chi connectivity index (χ2n) is 9.61. The predicted molar refractivity (Wildman–Crippen MR) is 133 cm³/mol. The molecular formula is C25H27N9O2. The van der Waals surface area contributed by atoms with Crippen LogP contribution in [0.25, 0.3) is 22.5 Å². The van der Waals surface area contributed by atoms with Gasteiger partial charge in [-0.05, 0) is 45.9 Å². The lowest BCUT2D eigenvalue weighted by Crippen LogP contribution is -2.61. The summed E-state index contributed by atoms with van der Waals surface area (Å²) in [5.74, 6) is 0.987. The van der Waals surface area contributed by atoms with Crippen molar-refractivity contribution in [1.82, 2.24) is 34.2 Å². The molecule has 1 aliphatic heterocycles. The number of nitriles is 1. The molecule has 5 rings (SSSR count). The van der Waals surface area contributed by atoms with Gasteiger partial charge in [0, 0.05) is 50.0 Å². The van der Waals surface area contributed by atoms with E-state index in [9.17, 15) is 15.2 Å². The number of hydrogen-bond acceptors (Lipinski definition) is 8. The number of fused-ring (bicyclic) bond motifs is 1. The molecule has 1 amide bonds. The van der Waals surface area contributed by atoms with Crippen LogP contribution in [0, 0.1) is 11.3 Å². The highest BCUT2D eigenvalue weighted by Gasteiger charge is 2.39. The van der Waals surface area contributed by atoms with Crippen molar-refractivity contribution >= 4 is 22.8 Å². The Morgan fingerprint density at radius 3 is 2.67 bits per heavy atom. The molecule has 1 aliphatic rings. The quantitative estimate of drug-likeness (QED) is 0.465. The summed E-state index contributed by atoms with van der Waals surface area (Å²) in [4.78, 5) is 30.5. The lowest BCUT2D eigenvalue weighted by molar-refractivity contribution is -0.151. The van der Waals surface area contributed by atoms with Gasteiger partial charge in [0.15, 0.2) is 5.65 Å². The minimum Gasteiger partial charge on any atom is -0.381 e. The Bertz CT molecular complexity index is 1460. The topological polar surface area (TPSA) is 129 Å². The first-order chi connectivity index (χ1) is 17.2. The maximum absolute atomic E-state index is 12.8. The maximum Gasteiger partial charge on any atom is 0.254 e. The van der Waals surface area contributed by atoms with E-state index in [4.69, 9.17) is 0 Å². The van der Waals surface area contributed by atoms with Crippen LogP contribution in [0.4, 0.5) is 5.82 Å². The number of piperazine rings is 1. The Kier molecular flexibility index (Phi) is 5.68. The number of carbonyl (C=O) groups is 1. The average Bonchev–Trinajstić information content (AvgIpc) is 3.52. The van der Waals surface area contributed by atoms with Crippen molar-refractivity contribution in [2.75, 3.05) is 18.0 Å². The van der Waals surface area contributed by atoms with Gasteiger partial charge < -0.3 is 14.9 Å². The van der Waals surface area contributed by atoms with E-state index in [1.807, 2.05) is 36.9 Å². The van der Waals surface area contributed by atoms with Gasteiger partial charge in [-0.1, -0.05) is 0 Å². The third-order valence-electron chi connectivity index (χ3n) is 6.46. The van der Waals surface area contributed by atoms with E-state index in [-0.39, 0.29) is 18.0 Å². The molecular weight excluding hydrogens is 458 g/mol. The number of amides is 1. The van der Waals surface area contributed by atoms with Crippen LogP contribution in [0.5, 0.6) is 0 Å². The molecule has 11 nitrogen and oxygen atoms in total. The Morgan fingerprint density at radius 2 is 1.97 bits per heavy atom. The van der Waals surface area contributed by atoms with E-state index < -0.39 is 5.60 Å². The lowest BCUT2D eigenvalue weighted by atomic mass is 10.0. The van der Waals surface area contributed by atoms with Gasteiger partial charge in [0.05, 0.1) is 22.7 Å². The minimum atomic E-state index is -1.44. The highest BCUT2D eigenvalue weighted by molar-refractivity contribution is 5.97. The molecule has 1 N–H and O–H groups in total. The molecule has 1 fully saturated rings. The van der Waals surface area contributed by atoms with Gasteiger partial charge >= 0.3 is 0 Å². The number of rotatable bonds is 4. The van der Waals surface area contributed by atoms with Gasteiger partial charge in [0.1, 0.15) is 23.6 Å². The van der Waals surface area contributed by atoms with E-state index in [1.54, 1.807) is 34.1 Å². The van der Waals surface area contributed by atoms with Crippen molar-refractivity contribution in [3.63, 3.8) is 0 Å². The number of aliphatic hydroxyl groups is 1. The highest BCUT2D eigenvalue weighted by atomic mass is 16.3. The molecule has 36 heavy (non-hydrogen) atoms.